The first kappa shape index (κ1) is 19.7. The zero-order chi connectivity index (χ0) is 18.4. The van der Waals surface area contributed by atoms with Gasteiger partial charge in [0.15, 0.2) is 0 Å². The molecule has 1 amide bonds. The van der Waals surface area contributed by atoms with Gasteiger partial charge in [-0.05, 0) is 29.6 Å². The first-order valence-electron chi connectivity index (χ1n) is 8.06. The van der Waals surface area contributed by atoms with Gasteiger partial charge in [-0.3, -0.25) is 9.69 Å². The van der Waals surface area contributed by atoms with Gasteiger partial charge in [0.1, 0.15) is 23.5 Å². The molecule has 1 heterocycles. The van der Waals surface area contributed by atoms with Gasteiger partial charge in [-0.1, -0.05) is 25.4 Å². The summed E-state index contributed by atoms with van der Waals surface area (Å²) in [6.45, 7) is 6.15. The number of nitrogens with zero attached hydrogens (tertiary/aromatic N) is 1. The molecule has 1 atom stereocenters. The zero-order valence-corrected chi connectivity index (χ0v) is 16.1. The number of amides is 1. The predicted molar refractivity (Wildman–Crippen MR) is 103 cm³/mol. The third-order valence-electron chi connectivity index (χ3n) is 3.41. The first-order chi connectivity index (χ1) is 11.9. The molecule has 0 fully saturated rings. The normalized spacial score (nSPS) is 12.2. The standard InChI is InChI=1S/C18H23ClN2O3S/c1-12(2)20-10-14(23)11-24-15-6-7-17(16(19)9-15)21(13(3)22)18-5-4-8-25-18/h4-9,12,14,20,23H,10-11H2,1-3H3. The van der Waals surface area contributed by atoms with Gasteiger partial charge in [0.2, 0.25) is 5.91 Å². The Labute approximate surface area is 157 Å². The van der Waals surface area contributed by atoms with Crippen LogP contribution in [0.25, 0.3) is 0 Å². The fourth-order valence-corrected chi connectivity index (χ4v) is 3.26. The number of ether oxygens (including phenoxy) is 1. The number of thiophene rings is 1. The van der Waals surface area contributed by atoms with Crippen LogP contribution in [-0.4, -0.2) is 36.3 Å². The molecule has 0 saturated carbocycles. The van der Waals surface area contributed by atoms with Gasteiger partial charge in [0, 0.05) is 25.6 Å². The lowest BCUT2D eigenvalue weighted by molar-refractivity contribution is -0.115. The average molecular weight is 383 g/mol. The molecule has 1 aromatic carbocycles. The third-order valence-corrected chi connectivity index (χ3v) is 4.56. The second-order valence-corrected chi connectivity index (χ2v) is 7.28. The van der Waals surface area contributed by atoms with Gasteiger partial charge < -0.3 is 15.2 Å². The quantitative estimate of drug-likeness (QED) is 0.728. The van der Waals surface area contributed by atoms with E-state index in [1.807, 2.05) is 31.4 Å². The highest BCUT2D eigenvalue weighted by atomic mass is 35.5. The molecule has 2 aromatic rings. The summed E-state index contributed by atoms with van der Waals surface area (Å²) in [5, 5.41) is 16.2. The summed E-state index contributed by atoms with van der Waals surface area (Å²) >= 11 is 7.82. The number of carbonyl (C=O) groups excluding carboxylic acids is 1. The maximum absolute atomic E-state index is 12.0. The number of nitrogens with one attached hydrogen (secondary N) is 1. The second-order valence-electron chi connectivity index (χ2n) is 5.95. The molecule has 0 saturated heterocycles. The fourth-order valence-electron chi connectivity index (χ4n) is 2.22. The van der Waals surface area contributed by atoms with E-state index in [0.717, 1.165) is 5.00 Å². The predicted octanol–water partition coefficient (Wildman–Crippen LogP) is 3.82. The van der Waals surface area contributed by atoms with Gasteiger partial charge >= 0.3 is 0 Å². The molecule has 2 rings (SSSR count). The van der Waals surface area contributed by atoms with Gasteiger partial charge in [-0.2, -0.15) is 0 Å². The minimum Gasteiger partial charge on any atom is -0.491 e. The van der Waals surface area contributed by atoms with Crippen LogP contribution in [0.3, 0.4) is 0 Å². The van der Waals surface area contributed by atoms with Crippen molar-refractivity contribution in [2.45, 2.75) is 32.9 Å². The molecule has 2 N–H and O–H groups in total. The summed E-state index contributed by atoms with van der Waals surface area (Å²) in [5.41, 5.74) is 0.603. The molecule has 5 nitrogen and oxygen atoms in total. The van der Waals surface area contributed by atoms with E-state index < -0.39 is 6.10 Å². The van der Waals surface area contributed by atoms with E-state index in [-0.39, 0.29) is 12.5 Å². The van der Waals surface area contributed by atoms with E-state index in [1.165, 1.54) is 18.3 Å². The van der Waals surface area contributed by atoms with Crippen molar-refractivity contribution in [3.63, 3.8) is 0 Å². The van der Waals surface area contributed by atoms with Gasteiger partial charge in [-0.25, -0.2) is 0 Å². The van der Waals surface area contributed by atoms with Crippen molar-refractivity contribution in [1.82, 2.24) is 5.32 Å². The topological polar surface area (TPSA) is 61.8 Å². The molecule has 136 valence electrons. The van der Waals surface area contributed by atoms with Crippen molar-refractivity contribution >= 4 is 39.5 Å². The molecule has 0 radical (unpaired) electrons. The van der Waals surface area contributed by atoms with E-state index in [0.29, 0.717) is 29.0 Å². The van der Waals surface area contributed by atoms with Gasteiger partial charge in [0.05, 0.1) is 10.7 Å². The van der Waals surface area contributed by atoms with Crippen molar-refractivity contribution < 1.29 is 14.6 Å². The maximum Gasteiger partial charge on any atom is 0.229 e. The average Bonchev–Trinajstić information content (AvgIpc) is 3.06. The lowest BCUT2D eigenvalue weighted by atomic mass is 10.2. The van der Waals surface area contributed by atoms with E-state index in [4.69, 9.17) is 16.3 Å². The lowest BCUT2D eigenvalue weighted by Crippen LogP contribution is -2.35. The minimum absolute atomic E-state index is 0.117. The molecule has 0 bridgehead atoms. The van der Waals surface area contributed by atoms with Crippen LogP contribution in [0.1, 0.15) is 20.8 Å². The molecule has 1 unspecified atom stereocenters. The first-order valence-corrected chi connectivity index (χ1v) is 9.32. The number of hydrogen-bond acceptors (Lipinski definition) is 5. The van der Waals surface area contributed by atoms with E-state index >= 15 is 0 Å². The Hall–Kier alpha value is -1.60. The Kier molecular flexibility index (Phi) is 7.25. The Bertz CT molecular complexity index is 692. The van der Waals surface area contributed by atoms with Crippen LogP contribution in [0.5, 0.6) is 5.75 Å². The van der Waals surface area contributed by atoms with Crippen LogP contribution in [0, 0.1) is 0 Å². The number of aliphatic hydroxyl groups is 1. The molecular weight excluding hydrogens is 360 g/mol. The summed E-state index contributed by atoms with van der Waals surface area (Å²) in [6, 6.07) is 9.20. The number of rotatable bonds is 8. The molecule has 0 spiro atoms. The smallest absolute Gasteiger partial charge is 0.229 e. The fraction of sp³-hybridized carbons (Fsp3) is 0.389. The second kappa shape index (κ2) is 9.20. The Balaban J connectivity index is 2.06. The molecule has 1 aromatic heterocycles. The summed E-state index contributed by atoms with van der Waals surface area (Å²) in [7, 11) is 0. The number of halogens is 1. The summed E-state index contributed by atoms with van der Waals surface area (Å²) in [5.74, 6) is 0.431. The summed E-state index contributed by atoms with van der Waals surface area (Å²) < 4.78 is 5.59. The van der Waals surface area contributed by atoms with Crippen LogP contribution in [0.4, 0.5) is 10.7 Å². The van der Waals surface area contributed by atoms with Crippen molar-refractivity contribution in [2.75, 3.05) is 18.1 Å². The largest absolute Gasteiger partial charge is 0.491 e. The van der Waals surface area contributed by atoms with Crippen molar-refractivity contribution in [3.05, 3.63) is 40.7 Å². The number of hydrogen-bond donors (Lipinski definition) is 2. The lowest BCUT2D eigenvalue weighted by Gasteiger charge is -2.21. The van der Waals surface area contributed by atoms with Crippen molar-refractivity contribution in [1.29, 1.82) is 0 Å². The highest BCUT2D eigenvalue weighted by Gasteiger charge is 2.18. The highest BCUT2D eigenvalue weighted by Crippen LogP contribution is 2.36. The van der Waals surface area contributed by atoms with Crippen LogP contribution in [0.2, 0.25) is 5.02 Å². The molecule has 0 aliphatic heterocycles. The van der Waals surface area contributed by atoms with Crippen LogP contribution in [0.15, 0.2) is 35.7 Å². The van der Waals surface area contributed by atoms with Crippen LogP contribution in [-0.2, 0) is 4.79 Å². The highest BCUT2D eigenvalue weighted by molar-refractivity contribution is 7.14. The summed E-state index contributed by atoms with van der Waals surface area (Å²) in [6.07, 6.45) is -0.610. The van der Waals surface area contributed by atoms with Gasteiger partial charge in [0.25, 0.3) is 0 Å². The molecular formula is C18H23ClN2O3S. The Morgan fingerprint density at radius 3 is 2.72 bits per heavy atom. The zero-order valence-electron chi connectivity index (χ0n) is 14.5. The molecule has 25 heavy (non-hydrogen) atoms. The summed E-state index contributed by atoms with van der Waals surface area (Å²) in [4.78, 5) is 13.6. The minimum atomic E-state index is -0.610. The van der Waals surface area contributed by atoms with E-state index in [9.17, 15) is 9.90 Å². The van der Waals surface area contributed by atoms with Crippen molar-refractivity contribution in [3.8, 4) is 5.75 Å². The van der Waals surface area contributed by atoms with E-state index in [2.05, 4.69) is 5.32 Å². The number of aliphatic hydroxyl groups excluding tert-OH is 1. The number of carbonyl (C=O) groups is 1. The maximum atomic E-state index is 12.0. The van der Waals surface area contributed by atoms with Crippen molar-refractivity contribution in [2.24, 2.45) is 0 Å². The molecule has 7 heteroatoms. The third kappa shape index (κ3) is 5.71. The number of benzene rings is 1. The number of anilines is 2. The van der Waals surface area contributed by atoms with Crippen LogP contribution >= 0.6 is 22.9 Å². The molecule has 0 aliphatic rings. The van der Waals surface area contributed by atoms with Gasteiger partial charge in [-0.15, -0.1) is 11.3 Å². The van der Waals surface area contributed by atoms with E-state index in [1.54, 1.807) is 23.1 Å². The Morgan fingerprint density at radius 2 is 2.16 bits per heavy atom. The Morgan fingerprint density at radius 1 is 1.40 bits per heavy atom. The SMILES string of the molecule is CC(=O)N(c1cccs1)c1ccc(OCC(O)CNC(C)C)cc1Cl. The monoisotopic (exact) mass is 382 g/mol. The van der Waals surface area contributed by atoms with Crippen LogP contribution < -0.4 is 15.0 Å². The molecule has 0 aliphatic carbocycles.